The average molecular weight is 615 g/mol. The zero-order valence-electron chi connectivity index (χ0n) is 28.4. The van der Waals surface area contributed by atoms with Gasteiger partial charge in [-0.2, -0.15) is 0 Å². The van der Waals surface area contributed by atoms with Gasteiger partial charge in [0.05, 0.1) is 6.61 Å². The van der Waals surface area contributed by atoms with Crippen LogP contribution in [0.25, 0.3) is 0 Å². The summed E-state index contributed by atoms with van der Waals surface area (Å²) in [6.45, 7) is 3.93. The van der Waals surface area contributed by atoms with Crippen molar-refractivity contribution in [3.63, 3.8) is 0 Å². The first-order valence-electron chi connectivity index (χ1n) is 17.9. The molecular formula is C39H66O5. The van der Waals surface area contributed by atoms with Crippen LogP contribution in [0.5, 0.6) is 0 Å². The molecule has 0 aromatic rings. The van der Waals surface area contributed by atoms with E-state index in [4.69, 9.17) is 9.47 Å². The summed E-state index contributed by atoms with van der Waals surface area (Å²) >= 11 is 0. The molecule has 1 unspecified atom stereocenters. The van der Waals surface area contributed by atoms with Crippen molar-refractivity contribution in [2.45, 2.75) is 161 Å². The van der Waals surface area contributed by atoms with Crippen LogP contribution in [-0.2, 0) is 19.1 Å². The number of carbonyl (C=O) groups excluding carboxylic acids is 2. The molecule has 0 heterocycles. The number of hydrogen-bond donors (Lipinski definition) is 1. The first-order valence-corrected chi connectivity index (χ1v) is 17.9. The number of ether oxygens (including phenoxy) is 2. The molecular weight excluding hydrogens is 548 g/mol. The van der Waals surface area contributed by atoms with Crippen molar-refractivity contribution in [3.8, 4) is 0 Å². The number of aliphatic hydroxyl groups is 1. The number of aliphatic hydroxyl groups excluding tert-OH is 1. The van der Waals surface area contributed by atoms with E-state index in [0.717, 1.165) is 77.0 Å². The Hall–Kier alpha value is -2.40. The fourth-order valence-corrected chi connectivity index (χ4v) is 4.64. The molecule has 0 bridgehead atoms. The Morgan fingerprint density at radius 3 is 1.64 bits per heavy atom. The molecule has 0 radical (unpaired) electrons. The maximum Gasteiger partial charge on any atom is 0.306 e. The maximum absolute atomic E-state index is 12.1. The second-order valence-corrected chi connectivity index (χ2v) is 11.6. The quantitative estimate of drug-likeness (QED) is 0.0364. The molecule has 0 saturated carbocycles. The largest absolute Gasteiger partial charge is 0.462 e. The molecule has 1 N–H and O–H groups in total. The molecule has 0 saturated heterocycles. The SMILES string of the molecule is CC/C=C/C=C/C=C/CCCCCCCC(=O)OCC(CO)OC(=O)CCCCCCCCC/C=C/C/C=C/CCCCC. The van der Waals surface area contributed by atoms with E-state index < -0.39 is 6.10 Å². The van der Waals surface area contributed by atoms with Gasteiger partial charge in [-0.15, -0.1) is 0 Å². The van der Waals surface area contributed by atoms with Gasteiger partial charge in [0.1, 0.15) is 6.61 Å². The molecule has 1 atom stereocenters. The third kappa shape index (κ3) is 32.5. The summed E-state index contributed by atoms with van der Waals surface area (Å²) in [4.78, 5) is 24.2. The molecule has 5 nitrogen and oxygen atoms in total. The Kier molecular flexibility index (Phi) is 33.2. The summed E-state index contributed by atoms with van der Waals surface area (Å²) in [5.74, 6) is -0.630. The van der Waals surface area contributed by atoms with Gasteiger partial charge < -0.3 is 14.6 Å². The maximum atomic E-state index is 12.1. The third-order valence-electron chi connectivity index (χ3n) is 7.36. The van der Waals surface area contributed by atoms with E-state index in [2.05, 4.69) is 68.5 Å². The van der Waals surface area contributed by atoms with E-state index in [9.17, 15) is 14.7 Å². The van der Waals surface area contributed by atoms with Crippen LogP contribution in [-0.4, -0.2) is 36.4 Å². The topological polar surface area (TPSA) is 72.8 Å². The molecule has 252 valence electrons. The van der Waals surface area contributed by atoms with Crippen LogP contribution >= 0.6 is 0 Å². The van der Waals surface area contributed by atoms with Crippen molar-refractivity contribution in [1.82, 2.24) is 0 Å². The van der Waals surface area contributed by atoms with Crippen molar-refractivity contribution in [2.75, 3.05) is 13.2 Å². The van der Waals surface area contributed by atoms with Gasteiger partial charge in [0.25, 0.3) is 0 Å². The number of unbranched alkanes of at least 4 members (excludes halogenated alkanes) is 15. The smallest absolute Gasteiger partial charge is 0.306 e. The fraction of sp³-hybridized carbons (Fsp3) is 0.692. The van der Waals surface area contributed by atoms with Gasteiger partial charge in [-0.1, -0.05) is 139 Å². The molecule has 0 aliphatic heterocycles. The van der Waals surface area contributed by atoms with Gasteiger partial charge in [-0.3, -0.25) is 9.59 Å². The van der Waals surface area contributed by atoms with Crippen molar-refractivity contribution in [3.05, 3.63) is 60.8 Å². The van der Waals surface area contributed by atoms with Crippen LogP contribution in [0.3, 0.4) is 0 Å². The van der Waals surface area contributed by atoms with Gasteiger partial charge in [0.15, 0.2) is 6.10 Å². The Morgan fingerprint density at radius 2 is 1.07 bits per heavy atom. The number of hydrogen-bond acceptors (Lipinski definition) is 5. The zero-order valence-corrected chi connectivity index (χ0v) is 28.4. The van der Waals surface area contributed by atoms with E-state index in [-0.39, 0.29) is 25.2 Å². The van der Waals surface area contributed by atoms with Gasteiger partial charge >= 0.3 is 11.9 Å². The van der Waals surface area contributed by atoms with E-state index in [1.807, 2.05) is 6.08 Å². The summed E-state index contributed by atoms with van der Waals surface area (Å²) in [7, 11) is 0. The molecule has 5 heteroatoms. The van der Waals surface area contributed by atoms with Crippen molar-refractivity contribution < 1.29 is 24.2 Å². The number of esters is 2. The molecule has 0 aromatic heterocycles. The molecule has 0 amide bonds. The zero-order chi connectivity index (χ0) is 32.2. The Morgan fingerprint density at radius 1 is 0.568 bits per heavy atom. The first kappa shape index (κ1) is 41.6. The van der Waals surface area contributed by atoms with Crippen molar-refractivity contribution in [2.24, 2.45) is 0 Å². The van der Waals surface area contributed by atoms with Gasteiger partial charge in [0, 0.05) is 12.8 Å². The first-order chi connectivity index (χ1) is 21.6. The average Bonchev–Trinajstić information content (AvgIpc) is 3.02. The fourth-order valence-electron chi connectivity index (χ4n) is 4.64. The third-order valence-corrected chi connectivity index (χ3v) is 7.36. The molecule has 0 aliphatic rings. The highest BCUT2D eigenvalue weighted by atomic mass is 16.6. The van der Waals surface area contributed by atoms with Crippen molar-refractivity contribution in [1.29, 1.82) is 0 Å². The van der Waals surface area contributed by atoms with Crippen LogP contribution in [0.15, 0.2) is 60.8 Å². The number of carbonyl (C=O) groups is 2. The minimum absolute atomic E-state index is 0.0823. The summed E-state index contributed by atoms with van der Waals surface area (Å²) in [6, 6.07) is 0. The molecule has 0 spiro atoms. The summed E-state index contributed by atoms with van der Waals surface area (Å²) in [5.41, 5.74) is 0. The second-order valence-electron chi connectivity index (χ2n) is 11.6. The predicted molar refractivity (Wildman–Crippen MR) is 187 cm³/mol. The van der Waals surface area contributed by atoms with E-state index >= 15 is 0 Å². The monoisotopic (exact) mass is 614 g/mol. The van der Waals surface area contributed by atoms with E-state index in [1.165, 1.54) is 51.4 Å². The highest BCUT2D eigenvalue weighted by Gasteiger charge is 2.16. The number of rotatable bonds is 31. The lowest BCUT2D eigenvalue weighted by atomic mass is 10.1. The summed E-state index contributed by atoms with van der Waals surface area (Å²) < 4.78 is 10.5. The van der Waals surface area contributed by atoms with Gasteiger partial charge in [-0.05, 0) is 64.2 Å². The lowest BCUT2D eigenvalue weighted by Gasteiger charge is -2.15. The minimum atomic E-state index is -0.784. The van der Waals surface area contributed by atoms with Crippen LogP contribution < -0.4 is 0 Å². The molecule has 0 aliphatic carbocycles. The molecule has 0 rings (SSSR count). The van der Waals surface area contributed by atoms with Gasteiger partial charge in [-0.25, -0.2) is 0 Å². The van der Waals surface area contributed by atoms with Crippen molar-refractivity contribution >= 4 is 11.9 Å². The number of allylic oxidation sites excluding steroid dienone is 10. The Balaban J connectivity index is 3.63. The summed E-state index contributed by atoms with van der Waals surface area (Å²) in [5, 5.41) is 9.52. The predicted octanol–water partition coefficient (Wildman–Crippen LogP) is 10.8. The van der Waals surface area contributed by atoms with Crippen LogP contribution in [0.1, 0.15) is 155 Å². The molecule has 0 fully saturated rings. The van der Waals surface area contributed by atoms with Gasteiger partial charge in [0.2, 0.25) is 0 Å². The Bertz CT molecular complexity index is 792. The molecule has 0 aromatic carbocycles. The highest BCUT2D eigenvalue weighted by molar-refractivity contribution is 5.70. The summed E-state index contributed by atoms with van der Waals surface area (Å²) in [6.07, 6.45) is 44.1. The van der Waals surface area contributed by atoms with Crippen LogP contribution in [0.4, 0.5) is 0 Å². The highest BCUT2D eigenvalue weighted by Crippen LogP contribution is 2.12. The van der Waals surface area contributed by atoms with Crippen LogP contribution in [0, 0.1) is 0 Å². The normalized spacial score (nSPS) is 12.9. The lowest BCUT2D eigenvalue weighted by Crippen LogP contribution is -2.28. The van der Waals surface area contributed by atoms with Crippen LogP contribution in [0.2, 0.25) is 0 Å². The Labute approximate surface area is 271 Å². The minimum Gasteiger partial charge on any atom is -0.462 e. The van der Waals surface area contributed by atoms with E-state index in [1.54, 1.807) is 0 Å². The molecule has 44 heavy (non-hydrogen) atoms. The lowest BCUT2D eigenvalue weighted by molar-refractivity contribution is -0.161. The standard InChI is InChI=1S/C39H66O5/c1-3-5-7-9-11-13-15-17-18-19-20-22-24-26-28-30-32-34-39(42)44-37(35-40)36-43-38(41)33-31-29-27-25-23-21-16-14-12-10-8-6-4-2/h6,8,10-14,16-18,37,40H,3-5,7,9,15,19-36H2,1-2H3/b8-6+,12-10+,13-11+,16-14+,18-17+. The second kappa shape index (κ2) is 35.1. The van der Waals surface area contributed by atoms with E-state index in [0.29, 0.717) is 12.8 Å².